The van der Waals surface area contributed by atoms with Gasteiger partial charge in [-0.15, -0.1) is 11.3 Å². The highest BCUT2D eigenvalue weighted by Gasteiger charge is 2.09. The number of rotatable bonds is 3. The third-order valence-corrected chi connectivity index (χ3v) is 5.12. The smallest absolute Gasteiger partial charge is 0.335 e. The number of aromatic nitrogens is 1. The maximum Gasteiger partial charge on any atom is 0.335 e. The highest BCUT2D eigenvalue weighted by molar-refractivity contribution is 9.10. The molecule has 1 heterocycles. The molecule has 1 N–H and O–H groups in total. The number of halogens is 1. The van der Waals surface area contributed by atoms with E-state index in [1.807, 2.05) is 30.3 Å². The van der Waals surface area contributed by atoms with E-state index in [2.05, 4.69) is 20.9 Å². The molecule has 1 aromatic heterocycles. The predicted octanol–water partition coefficient (Wildman–Crippen LogP) is 4.91. The number of carbonyl (C=O) groups is 1. The van der Waals surface area contributed by atoms with Crippen molar-refractivity contribution in [2.45, 2.75) is 9.24 Å². The number of para-hydroxylation sites is 1. The first-order valence-electron chi connectivity index (χ1n) is 5.69. The van der Waals surface area contributed by atoms with Crippen LogP contribution in [0.5, 0.6) is 0 Å². The van der Waals surface area contributed by atoms with E-state index in [0.717, 1.165) is 23.9 Å². The summed E-state index contributed by atoms with van der Waals surface area (Å²) >= 11 is 6.41. The van der Waals surface area contributed by atoms with Crippen molar-refractivity contribution in [3.8, 4) is 0 Å². The van der Waals surface area contributed by atoms with Gasteiger partial charge in [0.25, 0.3) is 0 Å². The van der Waals surface area contributed by atoms with Crippen molar-refractivity contribution in [1.29, 1.82) is 0 Å². The molecule has 0 saturated carbocycles. The molecule has 0 radical (unpaired) electrons. The molecule has 0 atom stereocenters. The molecule has 0 aliphatic carbocycles. The van der Waals surface area contributed by atoms with Crippen molar-refractivity contribution in [2.75, 3.05) is 0 Å². The molecule has 3 rings (SSSR count). The molecule has 100 valence electrons. The maximum absolute atomic E-state index is 11.1. The lowest BCUT2D eigenvalue weighted by molar-refractivity contribution is 0.0696. The molecule has 6 heteroatoms. The van der Waals surface area contributed by atoms with Gasteiger partial charge in [0.2, 0.25) is 0 Å². The standard InChI is InChI=1S/C14H8BrNO2S2/c15-9-5-8(13(17)18)6-10(7-9)19-14-16-11-3-1-2-4-12(11)20-14/h1-7H,(H,17,18). The second kappa shape index (κ2) is 5.55. The monoisotopic (exact) mass is 365 g/mol. The number of fused-ring (bicyclic) bond motifs is 1. The van der Waals surface area contributed by atoms with Crippen LogP contribution in [0.2, 0.25) is 0 Å². The molecule has 0 bridgehead atoms. The molecule has 0 saturated heterocycles. The first-order chi connectivity index (χ1) is 9.61. The third-order valence-electron chi connectivity index (χ3n) is 2.60. The van der Waals surface area contributed by atoms with Crippen molar-refractivity contribution < 1.29 is 9.90 Å². The van der Waals surface area contributed by atoms with E-state index < -0.39 is 5.97 Å². The first-order valence-corrected chi connectivity index (χ1v) is 8.12. The number of carboxylic acids is 1. The summed E-state index contributed by atoms with van der Waals surface area (Å²) in [4.78, 5) is 16.4. The van der Waals surface area contributed by atoms with Crippen LogP contribution >= 0.6 is 39.0 Å². The van der Waals surface area contributed by atoms with Crippen LogP contribution in [0.3, 0.4) is 0 Å². The summed E-state index contributed by atoms with van der Waals surface area (Å²) in [6.07, 6.45) is 0. The van der Waals surface area contributed by atoms with Crippen molar-refractivity contribution in [2.24, 2.45) is 0 Å². The van der Waals surface area contributed by atoms with Crippen LogP contribution in [0.15, 0.2) is 56.2 Å². The second-order valence-electron chi connectivity index (χ2n) is 4.03. The number of hydrogen-bond acceptors (Lipinski definition) is 4. The van der Waals surface area contributed by atoms with E-state index in [1.165, 1.54) is 11.8 Å². The van der Waals surface area contributed by atoms with Crippen LogP contribution in [-0.2, 0) is 0 Å². The quantitative estimate of drug-likeness (QED) is 0.716. The van der Waals surface area contributed by atoms with Gasteiger partial charge in [-0.25, -0.2) is 9.78 Å². The van der Waals surface area contributed by atoms with Gasteiger partial charge >= 0.3 is 5.97 Å². The Morgan fingerprint density at radius 2 is 2.05 bits per heavy atom. The van der Waals surface area contributed by atoms with Crippen LogP contribution in [0.4, 0.5) is 0 Å². The molecule has 0 aliphatic rings. The third kappa shape index (κ3) is 2.87. The lowest BCUT2D eigenvalue weighted by Crippen LogP contribution is -1.95. The number of thiazole rings is 1. The van der Waals surface area contributed by atoms with Crippen molar-refractivity contribution in [3.63, 3.8) is 0 Å². The van der Waals surface area contributed by atoms with Gasteiger partial charge in [-0.2, -0.15) is 0 Å². The first kappa shape index (κ1) is 13.6. The van der Waals surface area contributed by atoms with Crippen LogP contribution in [0.25, 0.3) is 10.2 Å². The van der Waals surface area contributed by atoms with E-state index in [1.54, 1.807) is 23.5 Å². The fourth-order valence-corrected chi connectivity index (χ4v) is 4.52. The van der Waals surface area contributed by atoms with Crippen molar-refractivity contribution >= 4 is 55.2 Å². The molecule has 3 aromatic rings. The number of benzene rings is 2. The number of carboxylic acid groups (broad SMARTS) is 1. The van der Waals surface area contributed by atoms with Crippen LogP contribution in [0, 0.1) is 0 Å². The molecule has 0 aliphatic heterocycles. The van der Waals surface area contributed by atoms with Gasteiger partial charge in [0.15, 0.2) is 4.34 Å². The average molecular weight is 366 g/mol. The molecule has 2 aromatic carbocycles. The Bertz CT molecular complexity index is 768. The van der Waals surface area contributed by atoms with E-state index >= 15 is 0 Å². The largest absolute Gasteiger partial charge is 0.478 e. The van der Waals surface area contributed by atoms with Crippen LogP contribution in [-0.4, -0.2) is 16.1 Å². The minimum Gasteiger partial charge on any atom is -0.478 e. The van der Waals surface area contributed by atoms with E-state index in [0.29, 0.717) is 0 Å². The zero-order valence-electron chi connectivity index (χ0n) is 10.0. The van der Waals surface area contributed by atoms with Gasteiger partial charge < -0.3 is 5.11 Å². The maximum atomic E-state index is 11.1. The number of hydrogen-bond donors (Lipinski definition) is 1. The molecule has 3 nitrogen and oxygen atoms in total. The number of nitrogens with zero attached hydrogens (tertiary/aromatic N) is 1. The van der Waals surface area contributed by atoms with Gasteiger partial charge in [-0.3, -0.25) is 0 Å². The summed E-state index contributed by atoms with van der Waals surface area (Å²) in [5.74, 6) is -0.933. The summed E-state index contributed by atoms with van der Waals surface area (Å²) in [6, 6.07) is 13.1. The summed E-state index contributed by atoms with van der Waals surface area (Å²) < 4.78 is 2.78. The molecule has 20 heavy (non-hydrogen) atoms. The van der Waals surface area contributed by atoms with Crippen molar-refractivity contribution in [1.82, 2.24) is 4.98 Å². The molecule has 0 amide bonds. The Morgan fingerprint density at radius 3 is 2.80 bits per heavy atom. The minimum absolute atomic E-state index is 0.267. The molecule has 0 spiro atoms. The predicted molar refractivity (Wildman–Crippen MR) is 84.8 cm³/mol. The van der Waals surface area contributed by atoms with Gasteiger partial charge in [0.1, 0.15) is 0 Å². The lowest BCUT2D eigenvalue weighted by Gasteiger charge is -2.01. The molecular weight excluding hydrogens is 358 g/mol. The van der Waals surface area contributed by atoms with E-state index in [4.69, 9.17) is 5.11 Å². The Hall–Kier alpha value is -1.37. The van der Waals surface area contributed by atoms with E-state index in [-0.39, 0.29) is 5.56 Å². The highest BCUT2D eigenvalue weighted by Crippen LogP contribution is 2.35. The fourth-order valence-electron chi connectivity index (χ4n) is 1.74. The Balaban J connectivity index is 1.96. The lowest BCUT2D eigenvalue weighted by atomic mass is 10.2. The Kier molecular flexibility index (Phi) is 3.78. The fraction of sp³-hybridized carbons (Fsp3) is 0. The zero-order chi connectivity index (χ0) is 14.1. The highest BCUT2D eigenvalue weighted by atomic mass is 79.9. The van der Waals surface area contributed by atoms with Gasteiger partial charge in [0, 0.05) is 9.37 Å². The molecule has 0 fully saturated rings. The Morgan fingerprint density at radius 1 is 1.25 bits per heavy atom. The summed E-state index contributed by atoms with van der Waals surface area (Å²) in [6.45, 7) is 0. The summed E-state index contributed by atoms with van der Waals surface area (Å²) in [5, 5.41) is 9.07. The van der Waals surface area contributed by atoms with E-state index in [9.17, 15) is 4.79 Å². The summed E-state index contributed by atoms with van der Waals surface area (Å²) in [5.41, 5.74) is 1.23. The minimum atomic E-state index is -0.933. The SMILES string of the molecule is O=C(O)c1cc(Br)cc(Sc2nc3ccccc3s2)c1. The van der Waals surface area contributed by atoms with Crippen LogP contribution < -0.4 is 0 Å². The van der Waals surface area contributed by atoms with Gasteiger partial charge in [-0.05, 0) is 30.3 Å². The van der Waals surface area contributed by atoms with Crippen molar-refractivity contribution in [3.05, 3.63) is 52.5 Å². The zero-order valence-corrected chi connectivity index (χ0v) is 13.3. The normalized spacial score (nSPS) is 10.8. The molecule has 0 unspecified atom stereocenters. The topological polar surface area (TPSA) is 50.2 Å². The van der Waals surface area contributed by atoms with Crippen LogP contribution in [0.1, 0.15) is 10.4 Å². The average Bonchev–Trinajstić information content (AvgIpc) is 2.79. The summed E-state index contributed by atoms with van der Waals surface area (Å²) in [7, 11) is 0. The van der Waals surface area contributed by atoms with Gasteiger partial charge in [-0.1, -0.05) is 39.8 Å². The Labute approximate surface area is 131 Å². The number of aromatic carboxylic acids is 1. The van der Waals surface area contributed by atoms with Gasteiger partial charge in [0.05, 0.1) is 15.8 Å². The molecular formula is C14H8BrNO2S2. The second-order valence-corrected chi connectivity index (χ2v) is 7.30.